The monoisotopic (exact) mass is 362 g/mol. The van der Waals surface area contributed by atoms with Crippen molar-refractivity contribution in [2.24, 2.45) is 0 Å². The Balaban J connectivity index is 1.57. The van der Waals surface area contributed by atoms with E-state index < -0.39 is 0 Å². The highest BCUT2D eigenvalue weighted by Gasteiger charge is 2.09. The minimum atomic E-state index is 0.834. The van der Waals surface area contributed by atoms with Crippen LogP contribution in [-0.4, -0.2) is 50.9 Å². The summed E-state index contributed by atoms with van der Waals surface area (Å²) in [5.41, 5.74) is 1.27. The molecule has 1 fully saturated rings. The lowest BCUT2D eigenvalue weighted by Crippen LogP contribution is -2.37. The van der Waals surface area contributed by atoms with Gasteiger partial charge in [-0.2, -0.15) is 0 Å². The molecule has 0 aromatic heterocycles. The van der Waals surface area contributed by atoms with E-state index in [4.69, 9.17) is 9.47 Å². The number of rotatable bonds is 14. The van der Waals surface area contributed by atoms with E-state index in [9.17, 15) is 0 Å². The molecular formula is C22H38N2O2. The van der Waals surface area contributed by atoms with Crippen LogP contribution in [0.5, 0.6) is 5.75 Å². The Hall–Kier alpha value is -1.10. The second kappa shape index (κ2) is 14.0. The molecule has 4 nitrogen and oxygen atoms in total. The third-order valence-corrected chi connectivity index (χ3v) is 4.98. The second-order valence-corrected chi connectivity index (χ2v) is 7.21. The van der Waals surface area contributed by atoms with Crippen LogP contribution in [-0.2, 0) is 11.3 Å². The molecule has 1 aliphatic heterocycles. The van der Waals surface area contributed by atoms with Crippen LogP contribution in [0.4, 0.5) is 0 Å². The Kier molecular flexibility index (Phi) is 11.4. The van der Waals surface area contributed by atoms with Crippen molar-refractivity contribution >= 4 is 0 Å². The molecule has 0 atom stereocenters. The Morgan fingerprint density at radius 2 is 1.77 bits per heavy atom. The Labute approximate surface area is 160 Å². The van der Waals surface area contributed by atoms with Gasteiger partial charge in [0.25, 0.3) is 0 Å². The zero-order valence-electron chi connectivity index (χ0n) is 16.7. The molecular weight excluding hydrogens is 324 g/mol. The molecule has 1 saturated heterocycles. The Morgan fingerprint density at radius 3 is 2.62 bits per heavy atom. The summed E-state index contributed by atoms with van der Waals surface area (Å²) < 4.78 is 11.4. The summed E-state index contributed by atoms with van der Waals surface area (Å²) in [6.45, 7) is 10.1. The fourth-order valence-electron chi connectivity index (χ4n) is 3.33. The van der Waals surface area contributed by atoms with Crippen molar-refractivity contribution in [2.45, 2.75) is 58.4 Å². The fourth-order valence-corrected chi connectivity index (χ4v) is 3.33. The van der Waals surface area contributed by atoms with Crippen LogP contribution in [0.25, 0.3) is 0 Å². The molecule has 2 rings (SSSR count). The van der Waals surface area contributed by atoms with Crippen LogP contribution in [0.2, 0.25) is 0 Å². The average molecular weight is 363 g/mol. The predicted molar refractivity (Wildman–Crippen MR) is 109 cm³/mol. The van der Waals surface area contributed by atoms with Crippen LogP contribution in [0.15, 0.2) is 24.3 Å². The summed E-state index contributed by atoms with van der Waals surface area (Å²) >= 11 is 0. The maximum atomic E-state index is 6.03. The quantitative estimate of drug-likeness (QED) is 0.502. The number of morpholine rings is 1. The van der Waals surface area contributed by atoms with Crippen molar-refractivity contribution in [3.8, 4) is 5.75 Å². The van der Waals surface area contributed by atoms with Gasteiger partial charge in [-0.15, -0.1) is 0 Å². The lowest BCUT2D eigenvalue weighted by atomic mass is 10.1. The highest BCUT2D eigenvalue weighted by molar-refractivity contribution is 5.33. The van der Waals surface area contributed by atoms with E-state index in [-0.39, 0.29) is 0 Å². The molecule has 1 aromatic carbocycles. The van der Waals surface area contributed by atoms with Gasteiger partial charge in [0.15, 0.2) is 0 Å². The van der Waals surface area contributed by atoms with Gasteiger partial charge in [-0.05, 0) is 32.0 Å². The van der Waals surface area contributed by atoms with E-state index in [0.717, 1.165) is 64.7 Å². The first-order valence-corrected chi connectivity index (χ1v) is 10.6. The molecule has 1 aliphatic rings. The van der Waals surface area contributed by atoms with Crippen LogP contribution < -0.4 is 10.1 Å². The highest BCUT2D eigenvalue weighted by atomic mass is 16.5. The van der Waals surface area contributed by atoms with Crippen LogP contribution in [0, 0.1) is 0 Å². The minimum absolute atomic E-state index is 0.834. The third kappa shape index (κ3) is 9.02. The minimum Gasteiger partial charge on any atom is -0.493 e. The molecule has 1 N–H and O–H groups in total. The fraction of sp³-hybridized carbons (Fsp3) is 0.727. The Morgan fingerprint density at radius 1 is 1.00 bits per heavy atom. The van der Waals surface area contributed by atoms with E-state index >= 15 is 0 Å². The van der Waals surface area contributed by atoms with Crippen molar-refractivity contribution < 1.29 is 9.47 Å². The van der Waals surface area contributed by atoms with Crippen LogP contribution >= 0.6 is 0 Å². The van der Waals surface area contributed by atoms with E-state index in [1.807, 2.05) is 0 Å². The molecule has 0 amide bonds. The SMILES string of the molecule is CCCCCCCCOc1ccccc1CNCCCN1CCOCC1. The number of ether oxygens (including phenoxy) is 2. The number of benzene rings is 1. The smallest absolute Gasteiger partial charge is 0.123 e. The van der Waals surface area contributed by atoms with Gasteiger partial charge in [-0.1, -0.05) is 57.2 Å². The molecule has 4 heteroatoms. The predicted octanol–water partition coefficient (Wildman–Crippen LogP) is 4.24. The van der Waals surface area contributed by atoms with Crippen molar-refractivity contribution in [3.63, 3.8) is 0 Å². The summed E-state index contributed by atoms with van der Waals surface area (Å²) in [6, 6.07) is 8.44. The van der Waals surface area contributed by atoms with Gasteiger partial charge in [0, 0.05) is 25.2 Å². The number of para-hydroxylation sites is 1. The van der Waals surface area contributed by atoms with Gasteiger partial charge in [-0.3, -0.25) is 4.90 Å². The molecule has 0 bridgehead atoms. The largest absolute Gasteiger partial charge is 0.493 e. The topological polar surface area (TPSA) is 33.7 Å². The molecule has 1 heterocycles. The number of unbranched alkanes of at least 4 members (excludes halogenated alkanes) is 5. The molecule has 26 heavy (non-hydrogen) atoms. The first-order chi connectivity index (χ1) is 12.9. The molecule has 0 radical (unpaired) electrons. The summed E-state index contributed by atoms with van der Waals surface area (Å²) in [5, 5.41) is 3.57. The number of nitrogens with one attached hydrogen (secondary N) is 1. The highest BCUT2D eigenvalue weighted by Crippen LogP contribution is 2.18. The van der Waals surface area contributed by atoms with E-state index in [2.05, 4.69) is 41.4 Å². The van der Waals surface area contributed by atoms with Crippen LogP contribution in [0.1, 0.15) is 57.4 Å². The summed E-state index contributed by atoms with van der Waals surface area (Å²) in [5.74, 6) is 1.04. The number of hydrogen-bond acceptors (Lipinski definition) is 4. The maximum absolute atomic E-state index is 6.03. The van der Waals surface area contributed by atoms with Crippen molar-refractivity contribution in [1.29, 1.82) is 0 Å². The molecule has 148 valence electrons. The summed E-state index contributed by atoms with van der Waals surface area (Å²) in [6.07, 6.45) is 8.99. The third-order valence-electron chi connectivity index (χ3n) is 4.98. The molecule has 0 unspecified atom stereocenters. The van der Waals surface area contributed by atoms with Gasteiger partial charge < -0.3 is 14.8 Å². The van der Waals surface area contributed by atoms with Gasteiger partial charge in [-0.25, -0.2) is 0 Å². The normalized spacial score (nSPS) is 15.3. The zero-order chi connectivity index (χ0) is 18.3. The van der Waals surface area contributed by atoms with Crippen LogP contribution in [0.3, 0.4) is 0 Å². The van der Waals surface area contributed by atoms with Crippen molar-refractivity contribution in [2.75, 3.05) is 46.0 Å². The van der Waals surface area contributed by atoms with Gasteiger partial charge in [0.2, 0.25) is 0 Å². The molecule has 0 saturated carbocycles. The van der Waals surface area contributed by atoms with Crippen molar-refractivity contribution in [3.05, 3.63) is 29.8 Å². The second-order valence-electron chi connectivity index (χ2n) is 7.21. The first-order valence-electron chi connectivity index (χ1n) is 10.6. The first kappa shape index (κ1) is 21.2. The van der Waals surface area contributed by atoms with Gasteiger partial charge >= 0.3 is 0 Å². The van der Waals surface area contributed by atoms with Crippen molar-refractivity contribution in [1.82, 2.24) is 10.2 Å². The molecule has 0 spiro atoms. The van der Waals surface area contributed by atoms with Gasteiger partial charge in [0.1, 0.15) is 5.75 Å². The average Bonchev–Trinajstić information content (AvgIpc) is 2.69. The maximum Gasteiger partial charge on any atom is 0.123 e. The van der Waals surface area contributed by atoms with E-state index in [1.54, 1.807) is 0 Å². The lowest BCUT2D eigenvalue weighted by molar-refractivity contribution is 0.0374. The number of hydrogen-bond donors (Lipinski definition) is 1. The van der Waals surface area contributed by atoms with E-state index in [0.29, 0.717) is 0 Å². The zero-order valence-corrected chi connectivity index (χ0v) is 16.7. The molecule has 0 aliphatic carbocycles. The summed E-state index contributed by atoms with van der Waals surface area (Å²) in [7, 11) is 0. The Bertz CT molecular complexity index is 461. The number of nitrogens with zero attached hydrogens (tertiary/aromatic N) is 1. The lowest BCUT2D eigenvalue weighted by Gasteiger charge is -2.26. The standard InChI is InChI=1S/C22H38N2O2/c1-2-3-4-5-6-9-17-26-22-12-8-7-11-21(22)20-23-13-10-14-24-15-18-25-19-16-24/h7-8,11-12,23H,2-6,9-10,13-20H2,1H3. The molecule has 1 aromatic rings. The summed E-state index contributed by atoms with van der Waals surface area (Å²) in [4.78, 5) is 2.49. The van der Waals surface area contributed by atoms with E-state index in [1.165, 1.54) is 44.1 Å². The van der Waals surface area contributed by atoms with Gasteiger partial charge in [0.05, 0.1) is 19.8 Å².